The van der Waals surface area contributed by atoms with E-state index in [0.29, 0.717) is 49.5 Å². The summed E-state index contributed by atoms with van der Waals surface area (Å²) >= 11 is 0. The number of aliphatic imine (C=N–C) groups is 2. The summed E-state index contributed by atoms with van der Waals surface area (Å²) in [5.41, 5.74) is 7.05. The molecule has 10 nitrogen and oxygen atoms in total. The van der Waals surface area contributed by atoms with E-state index in [4.69, 9.17) is 20.6 Å². The highest BCUT2D eigenvalue weighted by atomic mass is 19.4. The summed E-state index contributed by atoms with van der Waals surface area (Å²) in [6.45, 7) is 1.42. The monoisotopic (exact) mass is 551 g/mol. The number of fused-ring (bicyclic) bond motifs is 1. The van der Waals surface area contributed by atoms with Gasteiger partial charge in [-0.25, -0.2) is 9.98 Å². The van der Waals surface area contributed by atoms with Crippen molar-refractivity contribution in [2.45, 2.75) is 12.3 Å². The van der Waals surface area contributed by atoms with Crippen molar-refractivity contribution < 1.29 is 27.4 Å². The molecule has 2 aliphatic rings. The Hall–Kier alpha value is -4.78. The van der Waals surface area contributed by atoms with E-state index in [-0.39, 0.29) is 11.4 Å². The molecule has 2 aromatic carbocycles. The number of pyridine rings is 1. The van der Waals surface area contributed by atoms with E-state index in [1.165, 1.54) is 0 Å². The molecule has 0 aliphatic carbocycles. The van der Waals surface area contributed by atoms with Crippen LogP contribution in [0.25, 0.3) is 0 Å². The maximum Gasteiger partial charge on any atom is 0.417 e. The van der Waals surface area contributed by atoms with Crippen LogP contribution in [-0.2, 0) is 20.4 Å². The van der Waals surface area contributed by atoms with Gasteiger partial charge in [-0.2, -0.15) is 18.2 Å². The van der Waals surface area contributed by atoms with Crippen LogP contribution in [-0.4, -0.2) is 61.0 Å². The van der Waals surface area contributed by atoms with Crippen LogP contribution < -0.4 is 16.0 Å². The number of para-hydroxylation sites is 1. The Morgan fingerprint density at radius 1 is 1.12 bits per heavy atom. The Labute approximate surface area is 226 Å². The smallest absolute Gasteiger partial charge is 0.407 e. The van der Waals surface area contributed by atoms with Gasteiger partial charge in [-0.05, 0) is 12.1 Å². The molecule has 13 heteroatoms. The molecule has 1 amide bonds. The van der Waals surface area contributed by atoms with Crippen molar-refractivity contribution >= 4 is 35.0 Å². The second-order valence-corrected chi connectivity index (χ2v) is 8.84. The number of rotatable bonds is 4. The van der Waals surface area contributed by atoms with Gasteiger partial charge in [0, 0.05) is 30.4 Å². The number of nitrogens with zero attached hydrogens (tertiary/aromatic N) is 4. The van der Waals surface area contributed by atoms with E-state index in [9.17, 15) is 18.0 Å². The number of benzene rings is 2. The van der Waals surface area contributed by atoms with Gasteiger partial charge in [0.05, 0.1) is 35.7 Å². The molecule has 1 atom stereocenters. The van der Waals surface area contributed by atoms with Crippen LogP contribution in [0, 0.1) is 5.41 Å². The third-order valence-electron chi connectivity index (χ3n) is 6.18. The fraction of sp³-hybridized carbons (Fsp3) is 0.222. The molecule has 1 fully saturated rings. The van der Waals surface area contributed by atoms with Crippen LogP contribution in [0.5, 0.6) is 0 Å². The first kappa shape index (κ1) is 26.8. The van der Waals surface area contributed by atoms with Crippen LogP contribution >= 0.6 is 0 Å². The molecule has 40 heavy (non-hydrogen) atoms. The minimum atomic E-state index is -4.69. The van der Waals surface area contributed by atoms with Crippen LogP contribution in [0.2, 0.25) is 0 Å². The summed E-state index contributed by atoms with van der Waals surface area (Å²) in [6, 6.07) is 16.4. The van der Waals surface area contributed by atoms with Crippen molar-refractivity contribution in [3.05, 3.63) is 89.1 Å². The number of carbonyl (C=O) groups excluding carboxylic acids is 1. The van der Waals surface area contributed by atoms with Crippen molar-refractivity contribution in [2.75, 3.05) is 36.5 Å². The molecular weight excluding hydrogens is 527 g/mol. The predicted molar refractivity (Wildman–Crippen MR) is 143 cm³/mol. The Balaban J connectivity index is 1.47. The Morgan fingerprint density at radius 2 is 1.82 bits per heavy atom. The van der Waals surface area contributed by atoms with Crippen molar-refractivity contribution in [3.8, 4) is 0 Å². The number of alkyl halides is 3. The molecule has 1 saturated heterocycles. The molecule has 2 aliphatic heterocycles. The molecule has 206 valence electrons. The van der Waals surface area contributed by atoms with Gasteiger partial charge in [0.2, 0.25) is 12.1 Å². The molecule has 4 N–H and O–H groups in total. The van der Waals surface area contributed by atoms with Crippen LogP contribution in [0.1, 0.15) is 22.3 Å². The average molecular weight is 552 g/mol. The summed E-state index contributed by atoms with van der Waals surface area (Å²) in [5, 5.41) is 11.2. The van der Waals surface area contributed by atoms with E-state index in [2.05, 4.69) is 20.3 Å². The van der Waals surface area contributed by atoms with Gasteiger partial charge in [-0.1, -0.05) is 48.5 Å². The number of hydrogen-bond donors (Lipinski definition) is 3. The highest BCUT2D eigenvalue weighted by Crippen LogP contribution is 2.32. The first-order valence-electron chi connectivity index (χ1n) is 12.2. The number of morpholine rings is 1. The van der Waals surface area contributed by atoms with Crippen molar-refractivity contribution in [3.63, 3.8) is 0 Å². The number of aromatic nitrogens is 1. The molecule has 0 spiro atoms. The zero-order valence-corrected chi connectivity index (χ0v) is 21.0. The summed E-state index contributed by atoms with van der Waals surface area (Å²) in [5.74, 6) is -1.21. The minimum absolute atomic E-state index is 0.112. The highest BCUT2D eigenvalue weighted by Gasteiger charge is 2.33. The molecule has 1 aromatic heterocycles. The summed E-state index contributed by atoms with van der Waals surface area (Å²) in [4.78, 5) is 27.3. The number of ether oxygens (including phenoxy) is 2. The summed E-state index contributed by atoms with van der Waals surface area (Å²) < 4.78 is 51.0. The number of nitrogens with one attached hydrogen (secondary N) is 2. The zero-order chi connectivity index (χ0) is 28.3. The van der Waals surface area contributed by atoms with Crippen LogP contribution in [0.3, 0.4) is 0 Å². The van der Waals surface area contributed by atoms with Gasteiger partial charge in [-0.15, -0.1) is 0 Å². The SMILES string of the molecule is N=C(OC(N)=NC1N=C(c2ccccc2)c2ccccc2NC1=O)c1cc(C(F)(F)F)cnc1N1CCOCC1. The molecule has 1 unspecified atom stereocenters. The maximum absolute atomic E-state index is 13.5. The molecular formula is C27H24F3N7O3. The number of hydrogen-bond acceptors (Lipinski definition) is 8. The predicted octanol–water partition coefficient (Wildman–Crippen LogP) is 3.41. The van der Waals surface area contributed by atoms with E-state index < -0.39 is 35.7 Å². The topological polar surface area (TPSA) is 138 Å². The van der Waals surface area contributed by atoms with Crippen molar-refractivity contribution in [1.29, 1.82) is 5.41 Å². The lowest BCUT2D eigenvalue weighted by Gasteiger charge is -2.29. The minimum Gasteiger partial charge on any atom is -0.407 e. The Bertz CT molecular complexity index is 1490. The second-order valence-electron chi connectivity index (χ2n) is 8.84. The highest BCUT2D eigenvalue weighted by molar-refractivity contribution is 6.19. The van der Waals surface area contributed by atoms with E-state index >= 15 is 0 Å². The first-order valence-corrected chi connectivity index (χ1v) is 12.2. The van der Waals surface area contributed by atoms with Gasteiger partial charge < -0.3 is 25.4 Å². The van der Waals surface area contributed by atoms with Gasteiger partial charge in [-0.3, -0.25) is 10.2 Å². The Kier molecular flexibility index (Phi) is 7.47. The molecule has 0 bridgehead atoms. The summed E-state index contributed by atoms with van der Waals surface area (Å²) in [7, 11) is 0. The molecule has 3 aromatic rings. The number of amides is 1. The maximum atomic E-state index is 13.5. The Morgan fingerprint density at radius 3 is 2.55 bits per heavy atom. The van der Waals surface area contributed by atoms with E-state index in [1.54, 1.807) is 29.2 Å². The van der Waals surface area contributed by atoms with Crippen molar-refractivity contribution in [1.82, 2.24) is 4.98 Å². The number of carbonyl (C=O) groups is 1. The quantitative estimate of drug-likeness (QED) is 0.336. The van der Waals surface area contributed by atoms with Gasteiger partial charge in [0.1, 0.15) is 5.82 Å². The lowest BCUT2D eigenvalue weighted by atomic mass is 10.0. The molecule has 0 radical (unpaired) electrons. The fourth-order valence-electron chi connectivity index (χ4n) is 4.27. The van der Waals surface area contributed by atoms with E-state index in [1.807, 2.05) is 30.3 Å². The van der Waals surface area contributed by atoms with Gasteiger partial charge >= 0.3 is 6.18 Å². The summed E-state index contributed by atoms with van der Waals surface area (Å²) in [6.07, 6.45) is -5.39. The van der Waals surface area contributed by atoms with Gasteiger partial charge in [0.25, 0.3) is 11.9 Å². The zero-order valence-electron chi connectivity index (χ0n) is 21.0. The van der Waals surface area contributed by atoms with Crippen LogP contribution in [0.4, 0.5) is 24.7 Å². The fourth-order valence-corrected chi connectivity index (χ4v) is 4.27. The largest absolute Gasteiger partial charge is 0.417 e. The lowest BCUT2D eigenvalue weighted by Crippen LogP contribution is -2.38. The number of anilines is 2. The average Bonchev–Trinajstić information content (AvgIpc) is 3.09. The van der Waals surface area contributed by atoms with Crippen LogP contribution in [0.15, 0.2) is 76.8 Å². The molecule has 3 heterocycles. The second kappa shape index (κ2) is 11.1. The number of amidine groups is 1. The third kappa shape index (κ3) is 5.78. The van der Waals surface area contributed by atoms with Crippen molar-refractivity contribution in [2.24, 2.45) is 15.7 Å². The normalized spacial score (nSPS) is 17.8. The first-order chi connectivity index (χ1) is 19.2. The van der Waals surface area contributed by atoms with E-state index in [0.717, 1.165) is 11.6 Å². The number of halogens is 3. The molecule has 0 saturated carbocycles. The lowest BCUT2D eigenvalue weighted by molar-refractivity contribution is -0.137. The molecule has 5 rings (SSSR count). The number of benzodiazepines with no additional fused rings is 1. The van der Waals surface area contributed by atoms with Gasteiger partial charge in [0.15, 0.2) is 0 Å². The standard InChI is InChI=1S/C27H24F3N7O3/c28-27(29,30)17-14-19(24(33-15-17)37-10-12-39-13-11-37)22(31)40-26(32)36-23-25(38)34-20-9-5-4-8-18(20)21(35-23)16-6-2-1-3-7-16/h1-9,14-15,23,31H,10-13H2,(H2,32,36)(H,34,38). The third-order valence-corrected chi connectivity index (χ3v) is 6.18. The number of nitrogens with two attached hydrogens (primary N) is 1.